The molecular formula is C18H17ClN2O3. The standard InChI is InChI=1S/C18H17ClN2O3/c1-18(13-7-9-14(19)10-8-13)16(22)21(17(23)20-18)11-12-24-15-5-3-2-4-6-15/h2-10H,11-12H2,1H3,(H,20,23)/t18-/m1/s1. The van der Waals surface area contributed by atoms with Gasteiger partial charge in [-0.05, 0) is 36.8 Å². The van der Waals surface area contributed by atoms with Crippen LogP contribution < -0.4 is 10.1 Å². The number of amides is 3. The molecule has 124 valence electrons. The highest BCUT2D eigenvalue weighted by atomic mass is 35.5. The van der Waals surface area contributed by atoms with Gasteiger partial charge in [-0.1, -0.05) is 41.9 Å². The lowest BCUT2D eigenvalue weighted by atomic mass is 9.92. The zero-order valence-electron chi connectivity index (χ0n) is 13.2. The maximum Gasteiger partial charge on any atom is 0.325 e. The van der Waals surface area contributed by atoms with Crippen LogP contribution in [0.1, 0.15) is 12.5 Å². The van der Waals surface area contributed by atoms with Crippen LogP contribution >= 0.6 is 11.6 Å². The molecule has 1 fully saturated rings. The molecule has 1 aliphatic heterocycles. The average molecular weight is 345 g/mol. The molecule has 1 aliphatic rings. The summed E-state index contributed by atoms with van der Waals surface area (Å²) in [6.07, 6.45) is 0. The van der Waals surface area contributed by atoms with Crippen LogP contribution in [0.2, 0.25) is 5.02 Å². The average Bonchev–Trinajstić information content (AvgIpc) is 2.80. The molecule has 1 N–H and O–H groups in total. The first-order valence-corrected chi connectivity index (χ1v) is 7.96. The minimum Gasteiger partial charge on any atom is -0.492 e. The topological polar surface area (TPSA) is 58.6 Å². The summed E-state index contributed by atoms with van der Waals surface area (Å²) in [4.78, 5) is 26.1. The number of nitrogens with zero attached hydrogens (tertiary/aromatic N) is 1. The van der Waals surface area contributed by atoms with E-state index >= 15 is 0 Å². The van der Waals surface area contributed by atoms with Crippen LogP contribution in [0.3, 0.4) is 0 Å². The zero-order valence-corrected chi connectivity index (χ0v) is 13.9. The third-order valence-electron chi connectivity index (χ3n) is 4.02. The molecule has 3 rings (SSSR count). The van der Waals surface area contributed by atoms with Crippen molar-refractivity contribution in [1.82, 2.24) is 10.2 Å². The monoisotopic (exact) mass is 344 g/mol. The van der Waals surface area contributed by atoms with E-state index in [-0.39, 0.29) is 19.1 Å². The fourth-order valence-corrected chi connectivity index (χ4v) is 2.78. The second kappa shape index (κ2) is 6.53. The number of urea groups is 1. The SMILES string of the molecule is C[C@]1(c2ccc(Cl)cc2)NC(=O)N(CCOc2ccccc2)C1=O. The Kier molecular flexibility index (Phi) is 4.44. The number of halogens is 1. The van der Waals surface area contributed by atoms with E-state index in [1.807, 2.05) is 30.3 Å². The van der Waals surface area contributed by atoms with Crippen LogP contribution in [-0.2, 0) is 10.3 Å². The van der Waals surface area contributed by atoms with Gasteiger partial charge >= 0.3 is 6.03 Å². The number of ether oxygens (including phenoxy) is 1. The molecule has 5 nitrogen and oxygen atoms in total. The highest BCUT2D eigenvalue weighted by Crippen LogP contribution is 2.29. The van der Waals surface area contributed by atoms with E-state index in [0.717, 1.165) is 0 Å². The quantitative estimate of drug-likeness (QED) is 0.847. The largest absolute Gasteiger partial charge is 0.492 e. The molecule has 6 heteroatoms. The molecule has 0 aromatic heterocycles. The summed E-state index contributed by atoms with van der Waals surface area (Å²) in [5.74, 6) is 0.400. The second-order valence-corrected chi connectivity index (χ2v) is 6.12. The predicted octanol–water partition coefficient (Wildman–Crippen LogP) is 3.19. The van der Waals surface area contributed by atoms with Crippen LogP contribution in [0.25, 0.3) is 0 Å². The highest BCUT2D eigenvalue weighted by molar-refractivity contribution is 6.30. The molecule has 2 aromatic rings. The molecule has 0 saturated carbocycles. The maximum atomic E-state index is 12.7. The summed E-state index contributed by atoms with van der Waals surface area (Å²) in [5, 5.41) is 3.33. The zero-order chi connectivity index (χ0) is 17.2. The summed E-state index contributed by atoms with van der Waals surface area (Å²) in [6.45, 7) is 2.11. The lowest BCUT2D eigenvalue weighted by molar-refractivity contribution is -0.131. The van der Waals surface area contributed by atoms with Crippen molar-refractivity contribution in [2.45, 2.75) is 12.5 Å². The van der Waals surface area contributed by atoms with Crippen molar-refractivity contribution >= 4 is 23.5 Å². The molecule has 0 aliphatic carbocycles. The number of carbonyl (C=O) groups is 2. The summed E-state index contributed by atoms with van der Waals surface area (Å²) in [5.41, 5.74) is -0.397. The van der Waals surface area contributed by atoms with Crippen molar-refractivity contribution in [3.05, 3.63) is 65.2 Å². The van der Waals surface area contributed by atoms with E-state index < -0.39 is 11.6 Å². The number of imide groups is 1. The maximum absolute atomic E-state index is 12.7. The second-order valence-electron chi connectivity index (χ2n) is 5.68. The molecule has 2 aromatic carbocycles. The predicted molar refractivity (Wildman–Crippen MR) is 91.0 cm³/mol. The first-order valence-electron chi connectivity index (χ1n) is 7.59. The van der Waals surface area contributed by atoms with Gasteiger partial charge in [0.2, 0.25) is 0 Å². The van der Waals surface area contributed by atoms with Crippen molar-refractivity contribution in [3.63, 3.8) is 0 Å². The molecule has 1 heterocycles. The molecule has 0 bridgehead atoms. The number of para-hydroxylation sites is 1. The minimum absolute atomic E-state index is 0.183. The first-order chi connectivity index (χ1) is 11.5. The van der Waals surface area contributed by atoms with Crippen LogP contribution in [0.4, 0.5) is 4.79 Å². The molecule has 0 radical (unpaired) electrons. The van der Waals surface area contributed by atoms with E-state index in [1.54, 1.807) is 31.2 Å². The van der Waals surface area contributed by atoms with Gasteiger partial charge in [0.25, 0.3) is 5.91 Å². The van der Waals surface area contributed by atoms with E-state index in [1.165, 1.54) is 4.90 Å². The van der Waals surface area contributed by atoms with Gasteiger partial charge in [-0.2, -0.15) is 0 Å². The van der Waals surface area contributed by atoms with Crippen LogP contribution in [0, 0.1) is 0 Å². The third-order valence-corrected chi connectivity index (χ3v) is 4.28. The van der Waals surface area contributed by atoms with E-state index in [2.05, 4.69) is 5.32 Å². The van der Waals surface area contributed by atoms with Gasteiger partial charge in [0.15, 0.2) is 0 Å². The van der Waals surface area contributed by atoms with Gasteiger partial charge in [-0.3, -0.25) is 9.69 Å². The number of benzene rings is 2. The van der Waals surface area contributed by atoms with E-state index in [0.29, 0.717) is 16.3 Å². The smallest absolute Gasteiger partial charge is 0.325 e. The fourth-order valence-electron chi connectivity index (χ4n) is 2.65. The number of hydrogen-bond donors (Lipinski definition) is 1. The first kappa shape index (κ1) is 16.3. The molecule has 3 amide bonds. The Balaban J connectivity index is 1.68. The molecule has 24 heavy (non-hydrogen) atoms. The normalized spacial score (nSPS) is 20.2. The van der Waals surface area contributed by atoms with Gasteiger partial charge < -0.3 is 10.1 Å². The van der Waals surface area contributed by atoms with Gasteiger partial charge in [-0.25, -0.2) is 4.79 Å². The van der Waals surface area contributed by atoms with E-state index in [9.17, 15) is 9.59 Å². The van der Waals surface area contributed by atoms with Crippen molar-refractivity contribution in [2.75, 3.05) is 13.2 Å². The van der Waals surface area contributed by atoms with Gasteiger partial charge in [0.1, 0.15) is 17.9 Å². The molecular weight excluding hydrogens is 328 g/mol. The lowest BCUT2D eigenvalue weighted by Crippen LogP contribution is -2.41. The minimum atomic E-state index is -1.09. The summed E-state index contributed by atoms with van der Waals surface area (Å²) >= 11 is 5.89. The number of nitrogens with one attached hydrogen (secondary N) is 1. The molecule has 0 unspecified atom stereocenters. The lowest BCUT2D eigenvalue weighted by Gasteiger charge is -2.22. The van der Waals surface area contributed by atoms with Gasteiger partial charge in [0.05, 0.1) is 6.54 Å². The Bertz CT molecular complexity index is 749. The Morgan fingerprint density at radius 2 is 1.75 bits per heavy atom. The fraction of sp³-hybridized carbons (Fsp3) is 0.222. The van der Waals surface area contributed by atoms with Gasteiger partial charge in [0, 0.05) is 5.02 Å². The Labute approximate surface area is 145 Å². The number of rotatable bonds is 5. The third kappa shape index (κ3) is 3.08. The Morgan fingerprint density at radius 3 is 2.42 bits per heavy atom. The summed E-state index contributed by atoms with van der Waals surface area (Å²) in [6, 6.07) is 15.7. The van der Waals surface area contributed by atoms with Crippen LogP contribution in [0.15, 0.2) is 54.6 Å². The Morgan fingerprint density at radius 1 is 1.08 bits per heavy atom. The van der Waals surface area contributed by atoms with Crippen molar-refractivity contribution in [3.8, 4) is 5.75 Å². The van der Waals surface area contributed by atoms with Crippen molar-refractivity contribution in [2.24, 2.45) is 0 Å². The Hall–Kier alpha value is -2.53. The summed E-state index contributed by atoms with van der Waals surface area (Å²) < 4.78 is 5.56. The van der Waals surface area contributed by atoms with Gasteiger partial charge in [-0.15, -0.1) is 0 Å². The summed E-state index contributed by atoms with van der Waals surface area (Å²) in [7, 11) is 0. The number of carbonyl (C=O) groups excluding carboxylic acids is 2. The van der Waals surface area contributed by atoms with Crippen molar-refractivity contribution < 1.29 is 14.3 Å². The molecule has 0 spiro atoms. The molecule has 1 atom stereocenters. The van der Waals surface area contributed by atoms with E-state index in [4.69, 9.17) is 16.3 Å². The van der Waals surface area contributed by atoms with Crippen molar-refractivity contribution in [1.29, 1.82) is 0 Å². The molecule has 1 saturated heterocycles. The van der Waals surface area contributed by atoms with Crippen LogP contribution in [0.5, 0.6) is 5.75 Å². The number of hydrogen-bond acceptors (Lipinski definition) is 3. The highest BCUT2D eigenvalue weighted by Gasteiger charge is 2.48. The van der Waals surface area contributed by atoms with Crippen LogP contribution in [-0.4, -0.2) is 30.0 Å².